The zero-order valence-corrected chi connectivity index (χ0v) is 17.5. The van der Waals surface area contributed by atoms with Gasteiger partial charge in [-0.15, -0.1) is 11.8 Å². The zero-order chi connectivity index (χ0) is 20.6. The molecule has 1 aliphatic rings. The third-order valence-electron chi connectivity index (χ3n) is 4.28. The third-order valence-corrected chi connectivity index (χ3v) is 5.37. The molecule has 0 fully saturated rings. The topological polar surface area (TPSA) is 83.0 Å². The number of nitrogens with one attached hydrogen (secondary N) is 2. The summed E-state index contributed by atoms with van der Waals surface area (Å²) in [5.41, 5.74) is 2.81. The average Bonchev–Trinajstić information content (AvgIpc) is 3.16. The Bertz CT molecular complexity index is 825. The van der Waals surface area contributed by atoms with Gasteiger partial charge in [0.15, 0.2) is 0 Å². The van der Waals surface area contributed by atoms with E-state index in [0.29, 0.717) is 18.7 Å². The fourth-order valence-corrected chi connectivity index (χ4v) is 3.94. The lowest BCUT2D eigenvalue weighted by Gasteiger charge is -2.14. The maximum atomic E-state index is 11.7. The number of ether oxygens (including phenoxy) is 1. The first kappa shape index (κ1) is 21.4. The minimum Gasteiger partial charge on any atom is -0.447 e. The number of carbonyl (C=O) groups excluding carboxylic acids is 1. The predicted molar refractivity (Wildman–Crippen MR) is 119 cm³/mol. The highest BCUT2D eigenvalue weighted by Crippen LogP contribution is 2.23. The molecule has 0 bridgehead atoms. The van der Waals surface area contributed by atoms with Crippen molar-refractivity contribution in [3.05, 3.63) is 65.7 Å². The molecule has 2 atom stereocenters. The van der Waals surface area contributed by atoms with Crippen LogP contribution in [0.1, 0.15) is 25.0 Å². The molecule has 1 heterocycles. The van der Waals surface area contributed by atoms with Crippen LogP contribution in [0.4, 0.5) is 10.5 Å². The number of anilines is 1. The summed E-state index contributed by atoms with van der Waals surface area (Å²) in [6.45, 7) is 4.12. The molecule has 3 rings (SSSR count). The second-order valence-electron chi connectivity index (χ2n) is 7.17. The second kappa shape index (κ2) is 10.4. The maximum absolute atomic E-state index is 11.7. The first-order valence-electron chi connectivity index (χ1n) is 9.73. The van der Waals surface area contributed by atoms with Gasteiger partial charge < -0.3 is 9.84 Å². The Hall–Kier alpha value is -2.35. The summed E-state index contributed by atoms with van der Waals surface area (Å²) in [6.07, 6.45) is -0.456. The Morgan fingerprint density at radius 3 is 2.62 bits per heavy atom. The molecule has 2 aromatic rings. The van der Waals surface area contributed by atoms with Gasteiger partial charge in [0.05, 0.1) is 17.3 Å². The largest absolute Gasteiger partial charge is 0.447 e. The quantitative estimate of drug-likeness (QED) is 0.615. The number of carbonyl (C=O) groups is 1. The molecule has 0 aromatic heterocycles. The van der Waals surface area contributed by atoms with Crippen molar-refractivity contribution < 1.29 is 14.6 Å². The highest BCUT2D eigenvalue weighted by molar-refractivity contribution is 8.14. The Morgan fingerprint density at radius 1 is 1.21 bits per heavy atom. The zero-order valence-electron chi connectivity index (χ0n) is 16.7. The number of benzene rings is 2. The molecular formula is C22H27N3O3S. The van der Waals surface area contributed by atoms with E-state index in [1.165, 1.54) is 0 Å². The fraction of sp³-hybridized carbons (Fsp3) is 0.364. The fourth-order valence-electron chi connectivity index (χ4n) is 2.92. The van der Waals surface area contributed by atoms with Gasteiger partial charge in [0.1, 0.15) is 6.17 Å². The van der Waals surface area contributed by atoms with Gasteiger partial charge in [-0.1, -0.05) is 42.5 Å². The third kappa shape index (κ3) is 6.88. The Balaban J connectivity index is 1.48. The molecule has 0 spiro atoms. The summed E-state index contributed by atoms with van der Waals surface area (Å²) in [7, 11) is 0. The predicted octanol–water partition coefficient (Wildman–Crippen LogP) is 3.66. The Labute approximate surface area is 175 Å². The second-order valence-corrected chi connectivity index (χ2v) is 8.18. The van der Waals surface area contributed by atoms with E-state index in [9.17, 15) is 9.90 Å². The molecule has 1 aliphatic heterocycles. The average molecular weight is 414 g/mol. The van der Waals surface area contributed by atoms with Crippen molar-refractivity contribution in [1.29, 1.82) is 0 Å². The lowest BCUT2D eigenvalue weighted by Crippen LogP contribution is -2.35. The molecule has 2 aromatic carbocycles. The molecule has 154 valence electrons. The monoisotopic (exact) mass is 413 g/mol. The van der Waals surface area contributed by atoms with E-state index in [0.717, 1.165) is 21.9 Å². The lowest BCUT2D eigenvalue weighted by molar-refractivity contribution is 0.130. The van der Waals surface area contributed by atoms with Crippen molar-refractivity contribution in [2.45, 2.75) is 38.6 Å². The molecule has 1 amide bonds. The summed E-state index contributed by atoms with van der Waals surface area (Å²) in [5, 5.41) is 17.2. The van der Waals surface area contributed by atoms with Crippen LogP contribution in [0, 0.1) is 0 Å². The van der Waals surface area contributed by atoms with Crippen LogP contribution in [-0.2, 0) is 11.2 Å². The van der Waals surface area contributed by atoms with Crippen LogP contribution in [0.15, 0.2) is 59.6 Å². The molecule has 0 radical (unpaired) electrons. The van der Waals surface area contributed by atoms with Gasteiger partial charge in [-0.2, -0.15) is 0 Å². The van der Waals surface area contributed by atoms with Crippen molar-refractivity contribution in [2.24, 2.45) is 4.99 Å². The van der Waals surface area contributed by atoms with Crippen LogP contribution in [-0.4, -0.2) is 46.9 Å². The number of amides is 1. The lowest BCUT2D eigenvalue weighted by atomic mass is 10.1. The number of rotatable bonds is 8. The normalized spacial score (nSPS) is 17.1. The molecule has 0 aliphatic carbocycles. The molecule has 29 heavy (non-hydrogen) atoms. The van der Waals surface area contributed by atoms with Gasteiger partial charge in [0.25, 0.3) is 0 Å². The summed E-state index contributed by atoms with van der Waals surface area (Å²) in [5.74, 6) is 0.827. The van der Waals surface area contributed by atoms with E-state index in [4.69, 9.17) is 9.73 Å². The van der Waals surface area contributed by atoms with Crippen LogP contribution in [0.3, 0.4) is 0 Å². The number of aliphatic hydroxyl groups is 1. The van der Waals surface area contributed by atoms with Gasteiger partial charge in [0.2, 0.25) is 0 Å². The smallest absolute Gasteiger partial charge is 0.411 e. The first-order chi connectivity index (χ1) is 14.0. The minimum absolute atomic E-state index is 0.0146. The maximum Gasteiger partial charge on any atom is 0.411 e. The van der Waals surface area contributed by atoms with E-state index >= 15 is 0 Å². The van der Waals surface area contributed by atoms with Gasteiger partial charge in [-0.25, -0.2) is 4.79 Å². The van der Waals surface area contributed by atoms with Crippen molar-refractivity contribution in [2.75, 3.05) is 17.6 Å². The summed E-state index contributed by atoms with van der Waals surface area (Å²) in [4.78, 5) is 16.4. The van der Waals surface area contributed by atoms with Crippen molar-refractivity contribution >= 4 is 28.6 Å². The summed E-state index contributed by atoms with van der Waals surface area (Å²) in [6, 6.07) is 17.5. The standard InChI is InChI=1S/C22H27N3O3S/c1-15(2)28-22(27)24-18-10-8-17(9-11-18)21-25-20(14-29-21)23-13-19(26)12-16-6-4-3-5-7-16/h3-11,15,19-20,23,26H,12-14H2,1-2H3,(H,24,27). The van der Waals surface area contributed by atoms with E-state index < -0.39 is 12.2 Å². The van der Waals surface area contributed by atoms with Gasteiger partial charge in [-0.05, 0) is 38.0 Å². The summed E-state index contributed by atoms with van der Waals surface area (Å²) >= 11 is 1.68. The molecule has 6 nitrogen and oxygen atoms in total. The number of aliphatic hydroxyl groups excluding tert-OH is 1. The highest BCUT2D eigenvalue weighted by Gasteiger charge is 2.20. The van der Waals surface area contributed by atoms with Crippen LogP contribution in [0.25, 0.3) is 0 Å². The Morgan fingerprint density at radius 2 is 1.93 bits per heavy atom. The van der Waals surface area contributed by atoms with Gasteiger partial charge in [-0.3, -0.25) is 15.6 Å². The van der Waals surface area contributed by atoms with Crippen LogP contribution in [0.2, 0.25) is 0 Å². The molecule has 7 heteroatoms. The van der Waals surface area contributed by atoms with Crippen molar-refractivity contribution in [1.82, 2.24) is 5.32 Å². The molecule has 2 unspecified atom stereocenters. The van der Waals surface area contributed by atoms with Crippen LogP contribution >= 0.6 is 11.8 Å². The van der Waals surface area contributed by atoms with E-state index in [1.807, 2.05) is 68.4 Å². The van der Waals surface area contributed by atoms with Gasteiger partial charge >= 0.3 is 6.09 Å². The number of hydrogen-bond donors (Lipinski definition) is 3. The molecule has 0 saturated carbocycles. The summed E-state index contributed by atoms with van der Waals surface area (Å²) < 4.78 is 5.08. The molecule has 3 N–H and O–H groups in total. The van der Waals surface area contributed by atoms with Crippen molar-refractivity contribution in [3.63, 3.8) is 0 Å². The SMILES string of the molecule is CC(C)OC(=O)Nc1ccc(C2=NC(NCC(O)Cc3ccccc3)CS2)cc1. The van der Waals surface area contributed by atoms with E-state index in [-0.39, 0.29) is 12.3 Å². The molecular weight excluding hydrogens is 386 g/mol. The van der Waals surface area contributed by atoms with E-state index in [1.54, 1.807) is 11.8 Å². The molecule has 0 saturated heterocycles. The number of thioether (sulfide) groups is 1. The van der Waals surface area contributed by atoms with Crippen LogP contribution < -0.4 is 10.6 Å². The number of aliphatic imine (C=N–C) groups is 1. The Kier molecular flexibility index (Phi) is 7.69. The van der Waals surface area contributed by atoms with Gasteiger partial charge in [0, 0.05) is 23.5 Å². The minimum atomic E-state index is -0.460. The van der Waals surface area contributed by atoms with Crippen LogP contribution in [0.5, 0.6) is 0 Å². The number of hydrogen-bond acceptors (Lipinski definition) is 6. The van der Waals surface area contributed by atoms with Crippen molar-refractivity contribution in [3.8, 4) is 0 Å². The number of nitrogens with zero attached hydrogens (tertiary/aromatic N) is 1. The van der Waals surface area contributed by atoms with E-state index in [2.05, 4.69) is 10.6 Å². The highest BCUT2D eigenvalue weighted by atomic mass is 32.2. The first-order valence-corrected chi connectivity index (χ1v) is 10.7.